The van der Waals surface area contributed by atoms with Crippen LogP contribution >= 0.6 is 0 Å². The predicted molar refractivity (Wildman–Crippen MR) is 124 cm³/mol. The van der Waals surface area contributed by atoms with E-state index in [4.69, 9.17) is 0 Å². The average Bonchev–Trinajstić information content (AvgIpc) is 2.64. The molecule has 0 nitrogen and oxygen atoms in total. The highest BCUT2D eigenvalue weighted by Crippen LogP contribution is 2.39. The molecule has 0 saturated carbocycles. The van der Waals surface area contributed by atoms with Gasteiger partial charge in [-0.3, -0.25) is 0 Å². The molecule has 0 heterocycles. The molecule has 2 rings (SSSR count). The number of unbranched alkanes of at least 4 members (excludes halogenated alkanes) is 2. The van der Waals surface area contributed by atoms with Gasteiger partial charge in [-0.15, -0.1) is 6.58 Å². The molecule has 0 aliphatic heterocycles. The fourth-order valence-corrected chi connectivity index (χ4v) is 17.6. The van der Waals surface area contributed by atoms with Crippen molar-refractivity contribution in [2.24, 2.45) is 0 Å². The van der Waals surface area contributed by atoms with Crippen molar-refractivity contribution in [3.8, 4) is 0 Å². The summed E-state index contributed by atoms with van der Waals surface area (Å²) in [7, 11) is -3.28. The molecule has 0 aromatic heterocycles. The van der Waals surface area contributed by atoms with Gasteiger partial charge in [-0.2, -0.15) is 0 Å². The van der Waals surface area contributed by atoms with Crippen LogP contribution in [0.15, 0.2) is 73.3 Å². The van der Waals surface area contributed by atoms with Crippen molar-refractivity contribution in [3.05, 3.63) is 73.3 Å². The first-order valence-electron chi connectivity index (χ1n) is 10.2. The zero-order valence-electron chi connectivity index (χ0n) is 17.2. The van der Waals surface area contributed by atoms with Crippen LogP contribution in [-0.2, 0) is 0 Å². The molecule has 2 heteroatoms. The van der Waals surface area contributed by atoms with Crippen molar-refractivity contribution >= 4 is 26.5 Å². The fraction of sp³-hybridized carbons (Fsp3) is 0.417. The van der Waals surface area contributed by atoms with Gasteiger partial charge in [0.15, 0.2) is 0 Å². The van der Waals surface area contributed by atoms with Crippen LogP contribution in [0.2, 0.25) is 30.8 Å². The summed E-state index contributed by atoms with van der Waals surface area (Å²) >= 11 is 0. The number of rotatable bonds is 10. The molecule has 140 valence electrons. The van der Waals surface area contributed by atoms with E-state index in [0.717, 1.165) is 11.2 Å². The first-order valence-corrected chi connectivity index (χ1v) is 16.0. The fourth-order valence-electron chi connectivity index (χ4n) is 4.66. The SMILES string of the molecule is C=CC[Si](c1ccccc1)(c1ccccc1)C(CCCCC)[Si](C)(C)C. The smallest absolute Gasteiger partial charge is 0.103 e. The maximum absolute atomic E-state index is 4.21. The molecule has 1 atom stereocenters. The summed E-state index contributed by atoms with van der Waals surface area (Å²) in [4.78, 5) is 0. The van der Waals surface area contributed by atoms with Crippen LogP contribution in [0.4, 0.5) is 0 Å². The molecule has 0 amide bonds. The van der Waals surface area contributed by atoms with Crippen LogP contribution in [0.1, 0.15) is 32.6 Å². The summed E-state index contributed by atoms with van der Waals surface area (Å²) in [5.74, 6) is 0. The van der Waals surface area contributed by atoms with Gasteiger partial charge in [0.25, 0.3) is 0 Å². The molecule has 26 heavy (non-hydrogen) atoms. The third-order valence-electron chi connectivity index (χ3n) is 5.78. The molecular formula is C24H36Si2. The number of benzene rings is 2. The van der Waals surface area contributed by atoms with Crippen molar-refractivity contribution in [2.75, 3.05) is 0 Å². The Balaban J connectivity index is 2.68. The first kappa shape index (κ1) is 20.9. The van der Waals surface area contributed by atoms with E-state index in [2.05, 4.69) is 99.9 Å². The Labute approximate surface area is 163 Å². The molecule has 0 spiro atoms. The van der Waals surface area contributed by atoms with E-state index in [1.165, 1.54) is 25.7 Å². The third-order valence-corrected chi connectivity index (χ3v) is 17.4. The molecule has 0 N–H and O–H groups in total. The Morgan fingerprint density at radius 3 is 1.73 bits per heavy atom. The monoisotopic (exact) mass is 380 g/mol. The van der Waals surface area contributed by atoms with Gasteiger partial charge in [0, 0.05) is 8.07 Å². The van der Waals surface area contributed by atoms with Gasteiger partial charge in [-0.05, 0) is 11.2 Å². The van der Waals surface area contributed by atoms with E-state index in [-0.39, 0.29) is 0 Å². The Hall–Kier alpha value is -1.39. The molecule has 2 aromatic rings. The van der Waals surface area contributed by atoms with E-state index < -0.39 is 16.1 Å². The van der Waals surface area contributed by atoms with E-state index in [1.54, 1.807) is 10.4 Å². The van der Waals surface area contributed by atoms with Crippen LogP contribution in [0, 0.1) is 0 Å². The van der Waals surface area contributed by atoms with E-state index in [0.29, 0.717) is 0 Å². The van der Waals surface area contributed by atoms with Crippen LogP contribution < -0.4 is 10.4 Å². The second-order valence-corrected chi connectivity index (χ2v) is 18.8. The second-order valence-electron chi connectivity index (χ2n) is 8.61. The molecular weight excluding hydrogens is 344 g/mol. The molecule has 0 saturated heterocycles. The Kier molecular flexibility index (Phi) is 7.66. The topological polar surface area (TPSA) is 0 Å². The largest absolute Gasteiger partial charge is 0.122 e. The van der Waals surface area contributed by atoms with Gasteiger partial charge in [0.2, 0.25) is 0 Å². The summed E-state index contributed by atoms with van der Waals surface area (Å²) in [6, 6.07) is 24.0. The van der Waals surface area contributed by atoms with Gasteiger partial charge in [-0.25, -0.2) is 0 Å². The lowest BCUT2D eigenvalue weighted by atomic mass is 10.2. The summed E-state index contributed by atoms with van der Waals surface area (Å²) in [6.07, 6.45) is 7.58. The highest BCUT2D eigenvalue weighted by atomic mass is 28.4. The summed E-state index contributed by atoms with van der Waals surface area (Å²) in [5.41, 5.74) is 0. The molecule has 0 bridgehead atoms. The van der Waals surface area contributed by atoms with Crippen LogP contribution in [0.3, 0.4) is 0 Å². The average molecular weight is 381 g/mol. The minimum Gasteiger partial charge on any atom is -0.103 e. The van der Waals surface area contributed by atoms with Gasteiger partial charge >= 0.3 is 0 Å². The first-order chi connectivity index (χ1) is 12.5. The summed E-state index contributed by atoms with van der Waals surface area (Å²) < 4.78 is 0. The molecule has 1 unspecified atom stereocenters. The molecule has 0 aliphatic rings. The number of hydrogen-bond donors (Lipinski definition) is 0. The molecule has 0 aliphatic carbocycles. The maximum atomic E-state index is 4.21. The van der Waals surface area contributed by atoms with E-state index in [9.17, 15) is 0 Å². The normalized spacial score (nSPS) is 13.4. The zero-order chi connectivity index (χ0) is 19.0. The van der Waals surface area contributed by atoms with Crippen molar-refractivity contribution in [3.63, 3.8) is 0 Å². The van der Waals surface area contributed by atoms with Gasteiger partial charge < -0.3 is 0 Å². The Bertz CT molecular complexity index is 616. The van der Waals surface area contributed by atoms with E-state index in [1.807, 2.05) is 0 Å². The van der Waals surface area contributed by atoms with Crippen LogP contribution in [0.25, 0.3) is 0 Å². The second kappa shape index (κ2) is 9.52. The van der Waals surface area contributed by atoms with E-state index >= 15 is 0 Å². The lowest BCUT2D eigenvalue weighted by Crippen LogP contribution is -2.65. The van der Waals surface area contributed by atoms with Gasteiger partial charge in [-0.1, -0.05) is 129 Å². The quantitative estimate of drug-likeness (QED) is 0.259. The standard InChI is InChI=1S/C24H36Si2/c1-6-8-11-20-24(25(3,4)5)26(21-7-2,22-16-12-9-13-17-22)23-18-14-10-15-19-23/h7,9-10,12-19,24H,2,6,8,11,20-21H2,1,3-5H3. The van der Waals surface area contributed by atoms with Gasteiger partial charge in [0.1, 0.15) is 8.07 Å². The van der Waals surface area contributed by atoms with Crippen molar-refractivity contribution in [2.45, 2.75) is 63.5 Å². The third kappa shape index (κ3) is 4.66. The maximum Gasteiger partial charge on any atom is 0.122 e. The highest BCUT2D eigenvalue weighted by molar-refractivity contribution is 7.11. The molecule has 2 aromatic carbocycles. The molecule has 0 radical (unpaired) electrons. The predicted octanol–water partition coefficient (Wildman–Crippen LogP) is 6.26. The zero-order valence-corrected chi connectivity index (χ0v) is 19.2. The Morgan fingerprint density at radius 1 is 0.846 bits per heavy atom. The van der Waals surface area contributed by atoms with Crippen LogP contribution in [0.5, 0.6) is 0 Å². The summed E-state index contributed by atoms with van der Waals surface area (Å²) in [6.45, 7) is 14.3. The van der Waals surface area contributed by atoms with Crippen LogP contribution in [-0.4, -0.2) is 16.1 Å². The number of allylic oxidation sites excluding steroid dienone is 1. The highest BCUT2D eigenvalue weighted by Gasteiger charge is 2.48. The lowest BCUT2D eigenvalue weighted by Gasteiger charge is -2.46. The lowest BCUT2D eigenvalue weighted by molar-refractivity contribution is 0.677. The van der Waals surface area contributed by atoms with Crippen molar-refractivity contribution in [1.29, 1.82) is 0 Å². The van der Waals surface area contributed by atoms with Crippen molar-refractivity contribution in [1.82, 2.24) is 0 Å². The molecule has 0 fully saturated rings. The Morgan fingerprint density at radius 2 is 1.35 bits per heavy atom. The van der Waals surface area contributed by atoms with Gasteiger partial charge in [0.05, 0.1) is 0 Å². The summed E-state index contributed by atoms with van der Waals surface area (Å²) in [5, 5.41) is 4.01. The minimum absolute atomic E-state index is 0.823. The number of hydrogen-bond acceptors (Lipinski definition) is 0. The van der Waals surface area contributed by atoms with Crippen molar-refractivity contribution < 1.29 is 0 Å². The minimum atomic E-state index is -1.92.